The van der Waals surface area contributed by atoms with E-state index in [4.69, 9.17) is 9.47 Å². The predicted octanol–water partition coefficient (Wildman–Crippen LogP) is 6.22. The highest BCUT2D eigenvalue weighted by molar-refractivity contribution is 5.89. The van der Waals surface area contributed by atoms with Crippen molar-refractivity contribution in [1.82, 2.24) is 0 Å². The number of rotatable bonds is 8. The molecule has 0 heterocycles. The van der Waals surface area contributed by atoms with Crippen LogP contribution in [-0.4, -0.2) is 11.9 Å². The lowest BCUT2D eigenvalue weighted by molar-refractivity contribution is -0.132. The monoisotopic (exact) mass is 444 g/mol. The molecule has 166 valence electrons. The van der Waals surface area contributed by atoms with Crippen LogP contribution in [0.25, 0.3) is 22.3 Å². The number of esters is 2. The van der Waals surface area contributed by atoms with Crippen LogP contribution in [0.15, 0.2) is 104 Å². The molecule has 3 aromatic carbocycles. The van der Waals surface area contributed by atoms with Gasteiger partial charge in [0.2, 0.25) is 0 Å². The SMILES string of the molecule is C=CC(=O)O/C=C\Oc1ccc(-c2ccc(-c3ccc(OC(=O)C(=C)C)c(F)c3)cc2)cc1. The molecule has 0 spiro atoms. The molecule has 0 N–H and O–H groups in total. The fourth-order valence-electron chi connectivity index (χ4n) is 2.78. The van der Waals surface area contributed by atoms with Crippen LogP contribution in [-0.2, 0) is 14.3 Å². The molecule has 33 heavy (non-hydrogen) atoms. The minimum atomic E-state index is -0.672. The number of hydrogen-bond donors (Lipinski definition) is 0. The Balaban J connectivity index is 1.67. The summed E-state index contributed by atoms with van der Waals surface area (Å²) in [4.78, 5) is 22.5. The molecule has 3 aromatic rings. The lowest BCUT2D eigenvalue weighted by Gasteiger charge is -2.09. The lowest BCUT2D eigenvalue weighted by Crippen LogP contribution is -2.09. The zero-order chi connectivity index (χ0) is 23.8. The van der Waals surface area contributed by atoms with Crippen molar-refractivity contribution >= 4 is 11.9 Å². The third-order valence-electron chi connectivity index (χ3n) is 4.50. The van der Waals surface area contributed by atoms with Crippen LogP contribution < -0.4 is 9.47 Å². The van der Waals surface area contributed by atoms with Crippen LogP contribution in [0.4, 0.5) is 4.39 Å². The quantitative estimate of drug-likeness (QED) is 0.179. The molecule has 5 nitrogen and oxygen atoms in total. The maximum Gasteiger partial charge on any atom is 0.338 e. The highest BCUT2D eigenvalue weighted by Crippen LogP contribution is 2.29. The van der Waals surface area contributed by atoms with E-state index in [1.807, 2.05) is 36.4 Å². The number of halogens is 1. The second kappa shape index (κ2) is 10.7. The average molecular weight is 444 g/mol. The van der Waals surface area contributed by atoms with Crippen molar-refractivity contribution in [3.63, 3.8) is 0 Å². The summed E-state index contributed by atoms with van der Waals surface area (Å²) in [6.07, 6.45) is 3.45. The number of ether oxygens (including phenoxy) is 3. The summed E-state index contributed by atoms with van der Waals surface area (Å²) >= 11 is 0. The molecule has 0 bridgehead atoms. The summed E-state index contributed by atoms with van der Waals surface area (Å²) in [5.74, 6) is -1.44. The summed E-state index contributed by atoms with van der Waals surface area (Å²) in [6, 6.07) is 19.4. The predicted molar refractivity (Wildman–Crippen MR) is 124 cm³/mol. The van der Waals surface area contributed by atoms with Gasteiger partial charge in [-0.2, -0.15) is 0 Å². The van der Waals surface area contributed by atoms with E-state index >= 15 is 0 Å². The molecular formula is C27H21FO5. The molecule has 0 fully saturated rings. The van der Waals surface area contributed by atoms with E-state index in [1.54, 1.807) is 18.2 Å². The average Bonchev–Trinajstić information content (AvgIpc) is 2.83. The molecule has 6 heteroatoms. The van der Waals surface area contributed by atoms with Gasteiger partial charge in [-0.05, 0) is 53.4 Å². The first kappa shape index (κ1) is 23.2. The maximum atomic E-state index is 14.4. The number of carbonyl (C=O) groups is 2. The first-order valence-electron chi connectivity index (χ1n) is 9.90. The van der Waals surface area contributed by atoms with Gasteiger partial charge in [-0.25, -0.2) is 14.0 Å². The molecule has 0 aliphatic heterocycles. The Morgan fingerprint density at radius 1 is 0.848 bits per heavy atom. The van der Waals surface area contributed by atoms with Gasteiger partial charge >= 0.3 is 11.9 Å². The van der Waals surface area contributed by atoms with E-state index in [0.717, 1.165) is 29.0 Å². The van der Waals surface area contributed by atoms with Gasteiger partial charge in [0.1, 0.15) is 18.3 Å². The van der Waals surface area contributed by atoms with Gasteiger partial charge in [-0.15, -0.1) is 0 Å². The third-order valence-corrected chi connectivity index (χ3v) is 4.50. The molecule has 0 saturated heterocycles. The van der Waals surface area contributed by atoms with Gasteiger partial charge in [-0.3, -0.25) is 0 Å². The highest BCUT2D eigenvalue weighted by atomic mass is 19.1. The van der Waals surface area contributed by atoms with Crippen LogP contribution in [0.3, 0.4) is 0 Å². The van der Waals surface area contributed by atoms with E-state index in [-0.39, 0.29) is 11.3 Å². The Kier molecular flexibility index (Phi) is 7.55. The molecule has 0 unspecified atom stereocenters. The molecular weight excluding hydrogens is 423 g/mol. The van der Waals surface area contributed by atoms with Crippen LogP contribution in [0.2, 0.25) is 0 Å². The highest BCUT2D eigenvalue weighted by Gasteiger charge is 2.11. The van der Waals surface area contributed by atoms with E-state index < -0.39 is 17.8 Å². The summed E-state index contributed by atoms with van der Waals surface area (Å²) in [6.45, 7) is 8.28. The fourth-order valence-corrected chi connectivity index (χ4v) is 2.78. The summed E-state index contributed by atoms with van der Waals surface area (Å²) in [5.41, 5.74) is 3.59. The first-order valence-corrected chi connectivity index (χ1v) is 9.90. The molecule has 0 radical (unpaired) electrons. The van der Waals surface area contributed by atoms with E-state index in [9.17, 15) is 14.0 Å². The van der Waals surface area contributed by atoms with Crippen LogP contribution in [0, 0.1) is 5.82 Å². The standard InChI is InChI=1S/C27H21FO5/c1-4-26(29)32-16-15-31-23-12-9-20(10-13-23)19-5-7-21(8-6-19)22-11-14-25(24(28)17-22)33-27(30)18(2)3/h4-17H,1-2H2,3H3/b16-15-. The van der Waals surface area contributed by atoms with Crippen molar-refractivity contribution in [3.8, 4) is 33.8 Å². The van der Waals surface area contributed by atoms with Gasteiger partial charge in [0.25, 0.3) is 0 Å². The number of carbonyl (C=O) groups excluding carboxylic acids is 2. The van der Waals surface area contributed by atoms with Crippen LogP contribution >= 0.6 is 0 Å². The minimum Gasteiger partial charge on any atom is -0.462 e. The Morgan fingerprint density at radius 2 is 1.39 bits per heavy atom. The Morgan fingerprint density at radius 3 is 1.94 bits per heavy atom. The minimum absolute atomic E-state index is 0.139. The Labute approximate surface area is 191 Å². The molecule has 0 aliphatic carbocycles. The topological polar surface area (TPSA) is 61.8 Å². The normalized spacial score (nSPS) is 10.5. The van der Waals surface area contributed by atoms with Crippen LogP contribution in [0.1, 0.15) is 6.92 Å². The lowest BCUT2D eigenvalue weighted by atomic mass is 10.00. The largest absolute Gasteiger partial charge is 0.462 e. The van der Waals surface area contributed by atoms with Gasteiger partial charge in [0.05, 0.1) is 0 Å². The van der Waals surface area contributed by atoms with Crippen molar-refractivity contribution in [2.45, 2.75) is 6.92 Å². The van der Waals surface area contributed by atoms with Gasteiger partial charge in [0.15, 0.2) is 11.6 Å². The van der Waals surface area contributed by atoms with Crippen molar-refractivity contribution in [3.05, 3.63) is 110 Å². The molecule has 0 aliphatic rings. The molecule has 0 atom stereocenters. The van der Waals surface area contributed by atoms with Crippen molar-refractivity contribution in [2.24, 2.45) is 0 Å². The van der Waals surface area contributed by atoms with E-state index in [1.165, 1.54) is 25.3 Å². The smallest absolute Gasteiger partial charge is 0.338 e. The molecule has 0 aromatic heterocycles. The Bertz CT molecular complexity index is 1210. The van der Waals surface area contributed by atoms with E-state index in [2.05, 4.69) is 17.9 Å². The zero-order valence-electron chi connectivity index (χ0n) is 17.9. The van der Waals surface area contributed by atoms with Crippen molar-refractivity contribution in [2.75, 3.05) is 0 Å². The van der Waals surface area contributed by atoms with Crippen molar-refractivity contribution in [1.29, 1.82) is 0 Å². The van der Waals surface area contributed by atoms with Crippen molar-refractivity contribution < 1.29 is 28.2 Å². The first-order chi connectivity index (χ1) is 15.9. The summed E-state index contributed by atoms with van der Waals surface area (Å²) in [5, 5.41) is 0. The van der Waals surface area contributed by atoms with Gasteiger partial charge < -0.3 is 14.2 Å². The molecule has 0 saturated carbocycles. The third kappa shape index (κ3) is 6.27. The summed E-state index contributed by atoms with van der Waals surface area (Å²) < 4.78 is 29.4. The maximum absolute atomic E-state index is 14.4. The van der Waals surface area contributed by atoms with Gasteiger partial charge in [-0.1, -0.05) is 55.6 Å². The molecule has 3 rings (SSSR count). The summed E-state index contributed by atoms with van der Waals surface area (Å²) in [7, 11) is 0. The molecule has 0 amide bonds. The fraction of sp³-hybridized carbons (Fsp3) is 0.0370. The van der Waals surface area contributed by atoms with E-state index in [0.29, 0.717) is 11.3 Å². The van der Waals surface area contributed by atoms with Crippen LogP contribution in [0.5, 0.6) is 11.5 Å². The van der Waals surface area contributed by atoms with Gasteiger partial charge in [0, 0.05) is 11.6 Å². The second-order valence-electron chi connectivity index (χ2n) is 6.95. The number of hydrogen-bond acceptors (Lipinski definition) is 5. The number of benzene rings is 3. The zero-order valence-corrected chi connectivity index (χ0v) is 17.9. The Hall–Kier alpha value is -4.45. The second-order valence-corrected chi connectivity index (χ2v) is 6.95.